The standard InChI is InChI=1S/C27H33Cl2N3O5/c1-2-36-14-6-13-32-23(25(34)30-16-7-4-3-5-8-16)27-12-11-20(37-27)21(22(27)26(32)35)24(33)31-17-9-10-18(28)19(29)15-17/h9-12,15-16,20-23H,2-8,13-14H2,1H3,(H,30,34)(H,31,33). The molecule has 3 fully saturated rings. The van der Waals surface area contributed by atoms with Crippen LogP contribution in [0.3, 0.4) is 0 Å². The minimum atomic E-state index is -1.17. The topological polar surface area (TPSA) is 97.0 Å². The van der Waals surface area contributed by atoms with Crippen molar-refractivity contribution in [3.8, 4) is 0 Å². The number of hydrogen-bond donors (Lipinski definition) is 2. The van der Waals surface area contributed by atoms with Gasteiger partial charge in [0.2, 0.25) is 17.7 Å². The molecule has 3 heterocycles. The molecule has 2 N–H and O–H groups in total. The highest BCUT2D eigenvalue weighted by atomic mass is 35.5. The second-order valence-electron chi connectivity index (χ2n) is 10.2. The van der Waals surface area contributed by atoms with E-state index in [0.717, 1.165) is 25.7 Å². The predicted molar refractivity (Wildman–Crippen MR) is 140 cm³/mol. The molecule has 5 unspecified atom stereocenters. The molecule has 10 heteroatoms. The van der Waals surface area contributed by atoms with Gasteiger partial charge in [-0.3, -0.25) is 14.4 Å². The molecule has 37 heavy (non-hydrogen) atoms. The van der Waals surface area contributed by atoms with Crippen molar-refractivity contribution in [2.45, 2.75) is 69.2 Å². The number of nitrogens with zero attached hydrogens (tertiary/aromatic N) is 1. The highest BCUT2D eigenvalue weighted by Gasteiger charge is 2.72. The summed E-state index contributed by atoms with van der Waals surface area (Å²) in [6.45, 7) is 3.33. The highest BCUT2D eigenvalue weighted by Crippen LogP contribution is 2.55. The summed E-state index contributed by atoms with van der Waals surface area (Å²) in [5.74, 6) is -2.36. The molecule has 2 saturated heterocycles. The Balaban J connectivity index is 1.40. The molecule has 1 spiro atoms. The zero-order chi connectivity index (χ0) is 26.2. The van der Waals surface area contributed by atoms with E-state index < -0.39 is 29.6 Å². The SMILES string of the molecule is CCOCCCN1C(=O)C2C(C(=O)Nc3ccc(Cl)c(Cl)c3)C3C=CC2(O3)C1C(=O)NC1CCCCC1. The monoisotopic (exact) mass is 549 g/mol. The fourth-order valence-corrected chi connectivity index (χ4v) is 6.61. The van der Waals surface area contributed by atoms with Crippen LogP contribution < -0.4 is 10.6 Å². The van der Waals surface area contributed by atoms with E-state index in [-0.39, 0.29) is 23.8 Å². The van der Waals surface area contributed by atoms with Crippen LogP contribution in [-0.4, -0.2) is 66.2 Å². The summed E-state index contributed by atoms with van der Waals surface area (Å²) in [5, 5.41) is 6.75. The van der Waals surface area contributed by atoms with Crippen LogP contribution in [0.1, 0.15) is 45.4 Å². The number of amides is 3. The van der Waals surface area contributed by atoms with Crippen molar-refractivity contribution < 1.29 is 23.9 Å². The summed E-state index contributed by atoms with van der Waals surface area (Å²) >= 11 is 12.1. The van der Waals surface area contributed by atoms with Gasteiger partial charge in [0.1, 0.15) is 11.6 Å². The molecule has 8 nitrogen and oxygen atoms in total. The molecule has 4 aliphatic rings. The molecule has 1 aliphatic carbocycles. The lowest BCUT2D eigenvalue weighted by atomic mass is 9.74. The maximum atomic E-state index is 13.9. The first-order chi connectivity index (χ1) is 17.9. The van der Waals surface area contributed by atoms with Crippen LogP contribution in [0.25, 0.3) is 0 Å². The first-order valence-corrected chi connectivity index (χ1v) is 13.9. The lowest BCUT2D eigenvalue weighted by Crippen LogP contribution is -2.56. The average molecular weight is 550 g/mol. The van der Waals surface area contributed by atoms with Crippen molar-refractivity contribution in [2.24, 2.45) is 11.8 Å². The van der Waals surface area contributed by atoms with Crippen molar-refractivity contribution in [1.82, 2.24) is 10.2 Å². The first-order valence-electron chi connectivity index (χ1n) is 13.2. The van der Waals surface area contributed by atoms with E-state index in [2.05, 4.69) is 10.6 Å². The maximum absolute atomic E-state index is 13.9. The molecule has 3 amide bonds. The maximum Gasteiger partial charge on any atom is 0.246 e. The quantitative estimate of drug-likeness (QED) is 0.359. The largest absolute Gasteiger partial charge is 0.382 e. The Bertz CT molecular complexity index is 1090. The number of hydrogen-bond acceptors (Lipinski definition) is 5. The van der Waals surface area contributed by atoms with Crippen LogP contribution in [0.2, 0.25) is 10.0 Å². The van der Waals surface area contributed by atoms with Gasteiger partial charge in [0, 0.05) is 31.5 Å². The Morgan fingerprint density at radius 2 is 1.95 bits per heavy atom. The normalized spacial score (nSPS) is 30.6. The van der Waals surface area contributed by atoms with Crippen LogP contribution in [0.15, 0.2) is 30.4 Å². The fraction of sp³-hybridized carbons (Fsp3) is 0.593. The van der Waals surface area contributed by atoms with Gasteiger partial charge in [0.15, 0.2) is 0 Å². The fourth-order valence-electron chi connectivity index (χ4n) is 6.32. The van der Waals surface area contributed by atoms with Crippen LogP contribution in [0.4, 0.5) is 5.69 Å². The number of likely N-dealkylation sites (tertiary alicyclic amines) is 1. The highest BCUT2D eigenvalue weighted by molar-refractivity contribution is 6.42. The van der Waals surface area contributed by atoms with E-state index in [1.165, 1.54) is 6.42 Å². The van der Waals surface area contributed by atoms with E-state index in [1.807, 2.05) is 19.1 Å². The Hall–Kier alpha value is -2.13. The third-order valence-electron chi connectivity index (χ3n) is 7.96. The van der Waals surface area contributed by atoms with Gasteiger partial charge in [0.25, 0.3) is 0 Å². The number of anilines is 1. The number of fused-ring (bicyclic) bond motifs is 1. The minimum absolute atomic E-state index is 0.0911. The summed E-state index contributed by atoms with van der Waals surface area (Å²) in [7, 11) is 0. The smallest absolute Gasteiger partial charge is 0.246 e. The molecule has 1 saturated carbocycles. The molecule has 0 radical (unpaired) electrons. The number of benzene rings is 1. The molecule has 2 bridgehead atoms. The molecule has 1 aromatic carbocycles. The molecule has 5 atom stereocenters. The van der Waals surface area contributed by atoms with E-state index in [1.54, 1.807) is 23.1 Å². The van der Waals surface area contributed by atoms with Gasteiger partial charge in [-0.2, -0.15) is 0 Å². The number of carbonyl (C=O) groups is 3. The van der Waals surface area contributed by atoms with Crippen LogP contribution in [0.5, 0.6) is 0 Å². The number of halogens is 2. The van der Waals surface area contributed by atoms with Crippen molar-refractivity contribution in [3.63, 3.8) is 0 Å². The summed E-state index contributed by atoms with van der Waals surface area (Å²) < 4.78 is 11.9. The summed E-state index contributed by atoms with van der Waals surface area (Å²) in [4.78, 5) is 42.7. The summed E-state index contributed by atoms with van der Waals surface area (Å²) in [6.07, 6.45) is 8.83. The molecule has 0 aromatic heterocycles. The second kappa shape index (κ2) is 10.9. The van der Waals surface area contributed by atoms with Gasteiger partial charge in [0.05, 0.1) is 28.0 Å². The molecule has 5 rings (SSSR count). The molecule has 200 valence electrons. The number of ether oxygens (including phenoxy) is 2. The molecule has 3 aliphatic heterocycles. The Morgan fingerprint density at radius 3 is 2.68 bits per heavy atom. The third kappa shape index (κ3) is 4.89. The Kier molecular flexibility index (Phi) is 7.82. The predicted octanol–water partition coefficient (Wildman–Crippen LogP) is 3.96. The summed E-state index contributed by atoms with van der Waals surface area (Å²) in [6, 6.07) is 4.08. The van der Waals surface area contributed by atoms with Gasteiger partial charge in [-0.15, -0.1) is 0 Å². The lowest BCUT2D eigenvalue weighted by molar-refractivity contribution is -0.141. The van der Waals surface area contributed by atoms with Crippen LogP contribution >= 0.6 is 23.2 Å². The average Bonchev–Trinajstić information content (AvgIpc) is 3.52. The Labute approximate surface area is 227 Å². The van der Waals surface area contributed by atoms with Crippen molar-refractivity contribution >= 4 is 46.6 Å². The van der Waals surface area contributed by atoms with E-state index in [0.29, 0.717) is 41.9 Å². The van der Waals surface area contributed by atoms with Gasteiger partial charge in [-0.05, 0) is 44.4 Å². The van der Waals surface area contributed by atoms with E-state index >= 15 is 0 Å². The Morgan fingerprint density at radius 1 is 1.16 bits per heavy atom. The van der Waals surface area contributed by atoms with Crippen LogP contribution in [-0.2, 0) is 23.9 Å². The number of rotatable bonds is 9. The van der Waals surface area contributed by atoms with Gasteiger partial charge >= 0.3 is 0 Å². The van der Waals surface area contributed by atoms with Crippen LogP contribution in [0, 0.1) is 11.8 Å². The van der Waals surface area contributed by atoms with E-state index in [4.69, 9.17) is 32.7 Å². The summed E-state index contributed by atoms with van der Waals surface area (Å²) in [5.41, 5.74) is -0.697. The first kappa shape index (κ1) is 26.5. The lowest BCUT2D eigenvalue weighted by Gasteiger charge is -2.34. The zero-order valence-corrected chi connectivity index (χ0v) is 22.4. The van der Waals surface area contributed by atoms with Gasteiger partial charge < -0.3 is 25.0 Å². The van der Waals surface area contributed by atoms with Crippen molar-refractivity contribution in [2.75, 3.05) is 25.1 Å². The van der Waals surface area contributed by atoms with Gasteiger partial charge in [-0.25, -0.2) is 0 Å². The molecular formula is C27H33Cl2N3O5. The molecular weight excluding hydrogens is 517 g/mol. The third-order valence-corrected chi connectivity index (χ3v) is 8.69. The number of carbonyl (C=O) groups excluding carboxylic acids is 3. The number of nitrogens with one attached hydrogen (secondary N) is 2. The second-order valence-corrected chi connectivity index (χ2v) is 11.1. The minimum Gasteiger partial charge on any atom is -0.382 e. The van der Waals surface area contributed by atoms with Crippen molar-refractivity contribution in [1.29, 1.82) is 0 Å². The van der Waals surface area contributed by atoms with Gasteiger partial charge in [-0.1, -0.05) is 54.6 Å². The molecule has 1 aromatic rings. The van der Waals surface area contributed by atoms with Crippen molar-refractivity contribution in [3.05, 3.63) is 40.4 Å². The van der Waals surface area contributed by atoms with E-state index in [9.17, 15) is 14.4 Å². The zero-order valence-electron chi connectivity index (χ0n) is 20.9.